The SMILES string of the molecule is C=C(C)C(=O)Oc1ccc([S+]2CCCCC2)cc1. The summed E-state index contributed by atoms with van der Waals surface area (Å²) in [6.45, 7) is 5.22. The molecule has 1 saturated heterocycles. The number of rotatable bonds is 3. The molecule has 0 unspecified atom stereocenters. The van der Waals surface area contributed by atoms with Crippen LogP contribution in [-0.2, 0) is 15.7 Å². The zero-order valence-electron chi connectivity index (χ0n) is 10.8. The first-order valence-corrected chi connectivity index (χ1v) is 7.88. The summed E-state index contributed by atoms with van der Waals surface area (Å²) in [7, 11) is 0.404. The quantitative estimate of drug-likeness (QED) is 0.362. The number of carbonyl (C=O) groups excluding carboxylic acids is 1. The van der Waals surface area contributed by atoms with Gasteiger partial charge >= 0.3 is 5.97 Å². The van der Waals surface area contributed by atoms with Crippen LogP contribution in [0.3, 0.4) is 0 Å². The van der Waals surface area contributed by atoms with E-state index in [1.54, 1.807) is 6.92 Å². The molecule has 0 aliphatic carbocycles. The summed E-state index contributed by atoms with van der Waals surface area (Å²) >= 11 is 0. The van der Waals surface area contributed by atoms with Crippen LogP contribution in [-0.4, -0.2) is 17.5 Å². The Bertz CT molecular complexity index is 430. The van der Waals surface area contributed by atoms with E-state index in [0.717, 1.165) is 0 Å². The largest absolute Gasteiger partial charge is 0.423 e. The van der Waals surface area contributed by atoms with Crippen LogP contribution >= 0.6 is 0 Å². The van der Waals surface area contributed by atoms with E-state index in [1.807, 2.05) is 12.1 Å². The van der Waals surface area contributed by atoms with Crippen molar-refractivity contribution in [1.82, 2.24) is 0 Å². The predicted octanol–water partition coefficient (Wildman–Crippen LogP) is 3.33. The van der Waals surface area contributed by atoms with E-state index in [4.69, 9.17) is 4.74 Å². The number of benzene rings is 1. The third-order valence-electron chi connectivity index (χ3n) is 3.00. The number of carbonyl (C=O) groups is 1. The zero-order valence-corrected chi connectivity index (χ0v) is 11.6. The standard InChI is InChI=1S/C15H19O2S/c1-12(2)15(16)17-13-6-8-14(9-7-13)18-10-4-3-5-11-18/h6-9H,1,3-5,10-11H2,2H3/q+1. The maximum absolute atomic E-state index is 11.4. The molecule has 0 aromatic heterocycles. The fourth-order valence-electron chi connectivity index (χ4n) is 1.96. The second-order valence-electron chi connectivity index (χ2n) is 4.60. The Morgan fingerprint density at radius 2 is 1.78 bits per heavy atom. The number of hydrogen-bond donors (Lipinski definition) is 0. The normalized spacial score (nSPS) is 16.3. The zero-order chi connectivity index (χ0) is 13.0. The Morgan fingerprint density at radius 1 is 1.17 bits per heavy atom. The molecule has 2 nitrogen and oxygen atoms in total. The van der Waals surface area contributed by atoms with Crippen LogP contribution in [0, 0.1) is 0 Å². The number of hydrogen-bond acceptors (Lipinski definition) is 2. The molecule has 1 aromatic carbocycles. The molecular weight excluding hydrogens is 244 g/mol. The maximum Gasteiger partial charge on any atom is 0.338 e. The molecule has 3 heteroatoms. The Balaban J connectivity index is 2.00. The lowest BCUT2D eigenvalue weighted by Crippen LogP contribution is -2.17. The van der Waals surface area contributed by atoms with Gasteiger partial charge in [-0.05, 0) is 50.5 Å². The van der Waals surface area contributed by atoms with Crippen molar-refractivity contribution in [3.05, 3.63) is 36.4 Å². The monoisotopic (exact) mass is 263 g/mol. The van der Waals surface area contributed by atoms with Crippen LogP contribution in [0.1, 0.15) is 26.2 Å². The first-order valence-electron chi connectivity index (χ1n) is 6.32. The predicted molar refractivity (Wildman–Crippen MR) is 76.1 cm³/mol. The molecule has 0 atom stereocenters. The first-order chi connectivity index (χ1) is 8.66. The molecule has 2 rings (SSSR count). The Hall–Kier alpha value is -1.22. The van der Waals surface area contributed by atoms with Crippen LogP contribution in [0.5, 0.6) is 5.75 Å². The van der Waals surface area contributed by atoms with Crippen molar-refractivity contribution < 1.29 is 9.53 Å². The highest BCUT2D eigenvalue weighted by Gasteiger charge is 2.24. The van der Waals surface area contributed by atoms with Crippen LogP contribution in [0.2, 0.25) is 0 Å². The van der Waals surface area contributed by atoms with E-state index in [-0.39, 0.29) is 5.97 Å². The molecule has 0 spiro atoms. The van der Waals surface area contributed by atoms with Gasteiger partial charge in [-0.15, -0.1) is 0 Å². The minimum Gasteiger partial charge on any atom is -0.423 e. The molecule has 1 aromatic rings. The van der Waals surface area contributed by atoms with Crippen LogP contribution in [0.25, 0.3) is 0 Å². The summed E-state index contributed by atoms with van der Waals surface area (Å²) < 4.78 is 5.18. The van der Waals surface area contributed by atoms with Gasteiger partial charge in [0.05, 0.1) is 0 Å². The molecule has 18 heavy (non-hydrogen) atoms. The average molecular weight is 263 g/mol. The summed E-state index contributed by atoms with van der Waals surface area (Å²) in [5.41, 5.74) is 0.424. The molecule has 1 aliphatic heterocycles. The van der Waals surface area contributed by atoms with E-state index < -0.39 is 0 Å². The van der Waals surface area contributed by atoms with Gasteiger partial charge in [-0.1, -0.05) is 6.58 Å². The molecule has 0 N–H and O–H groups in total. The Labute approximate surface area is 111 Å². The van der Waals surface area contributed by atoms with E-state index in [1.165, 1.54) is 35.7 Å². The lowest BCUT2D eigenvalue weighted by Gasteiger charge is -2.13. The van der Waals surface area contributed by atoms with Crippen molar-refractivity contribution in [2.45, 2.75) is 31.1 Å². The van der Waals surface area contributed by atoms with E-state index in [0.29, 0.717) is 22.2 Å². The van der Waals surface area contributed by atoms with Gasteiger partial charge in [0.2, 0.25) is 0 Å². The molecule has 1 heterocycles. The maximum atomic E-state index is 11.4. The van der Waals surface area contributed by atoms with Gasteiger partial charge in [-0.3, -0.25) is 0 Å². The Kier molecular flexibility index (Phi) is 4.48. The van der Waals surface area contributed by atoms with E-state index in [2.05, 4.69) is 18.7 Å². The van der Waals surface area contributed by atoms with Crippen molar-refractivity contribution >= 4 is 16.9 Å². The van der Waals surface area contributed by atoms with Gasteiger partial charge in [0.25, 0.3) is 0 Å². The topological polar surface area (TPSA) is 26.3 Å². The fourth-order valence-corrected chi connectivity index (χ4v) is 4.26. The number of esters is 1. The van der Waals surface area contributed by atoms with Crippen LogP contribution in [0.4, 0.5) is 0 Å². The molecule has 96 valence electrons. The van der Waals surface area contributed by atoms with Crippen molar-refractivity contribution in [2.75, 3.05) is 11.5 Å². The lowest BCUT2D eigenvalue weighted by atomic mass is 10.3. The van der Waals surface area contributed by atoms with Gasteiger partial charge in [0.1, 0.15) is 17.3 Å². The van der Waals surface area contributed by atoms with Crippen molar-refractivity contribution in [2.24, 2.45) is 0 Å². The highest BCUT2D eigenvalue weighted by Crippen LogP contribution is 2.24. The van der Waals surface area contributed by atoms with Gasteiger partial charge in [0.15, 0.2) is 4.90 Å². The minimum absolute atomic E-state index is 0.358. The average Bonchev–Trinajstić information content (AvgIpc) is 2.40. The van der Waals surface area contributed by atoms with Gasteiger partial charge in [0, 0.05) is 16.5 Å². The second kappa shape index (κ2) is 6.10. The Morgan fingerprint density at radius 3 is 2.33 bits per heavy atom. The second-order valence-corrected chi connectivity index (χ2v) is 6.88. The summed E-state index contributed by atoms with van der Waals surface area (Å²) in [5.74, 6) is 2.87. The summed E-state index contributed by atoms with van der Waals surface area (Å²) in [6, 6.07) is 7.96. The van der Waals surface area contributed by atoms with Crippen LogP contribution in [0.15, 0.2) is 41.3 Å². The lowest BCUT2D eigenvalue weighted by molar-refractivity contribution is -0.130. The third kappa shape index (κ3) is 3.39. The molecule has 0 bridgehead atoms. The van der Waals surface area contributed by atoms with Crippen molar-refractivity contribution in [3.63, 3.8) is 0 Å². The first kappa shape index (κ1) is 13.2. The third-order valence-corrected chi connectivity index (χ3v) is 5.50. The van der Waals surface area contributed by atoms with Crippen molar-refractivity contribution in [3.8, 4) is 5.75 Å². The molecule has 0 radical (unpaired) electrons. The number of ether oxygens (including phenoxy) is 1. The fraction of sp³-hybridized carbons (Fsp3) is 0.400. The minimum atomic E-state index is -0.358. The van der Waals surface area contributed by atoms with Gasteiger partial charge in [-0.25, -0.2) is 4.79 Å². The summed E-state index contributed by atoms with van der Waals surface area (Å²) in [4.78, 5) is 12.8. The highest BCUT2D eigenvalue weighted by atomic mass is 32.2. The van der Waals surface area contributed by atoms with E-state index >= 15 is 0 Å². The molecule has 1 aliphatic rings. The highest BCUT2D eigenvalue weighted by molar-refractivity contribution is 7.96. The molecular formula is C15H19O2S+. The van der Waals surface area contributed by atoms with Gasteiger partial charge in [-0.2, -0.15) is 0 Å². The smallest absolute Gasteiger partial charge is 0.338 e. The molecule has 0 saturated carbocycles. The van der Waals surface area contributed by atoms with Crippen LogP contribution < -0.4 is 4.74 Å². The van der Waals surface area contributed by atoms with E-state index in [9.17, 15) is 4.79 Å². The van der Waals surface area contributed by atoms with Gasteiger partial charge < -0.3 is 4.74 Å². The molecule has 1 fully saturated rings. The summed E-state index contributed by atoms with van der Waals surface area (Å²) in [6.07, 6.45) is 4.06. The molecule has 0 amide bonds. The summed E-state index contributed by atoms with van der Waals surface area (Å²) in [5, 5.41) is 0. The van der Waals surface area contributed by atoms with Crippen molar-refractivity contribution in [1.29, 1.82) is 0 Å².